The quantitative estimate of drug-likeness (QED) is 0.867. The predicted octanol–water partition coefficient (Wildman–Crippen LogP) is 1.79. The van der Waals surface area contributed by atoms with Crippen molar-refractivity contribution in [1.82, 2.24) is 4.98 Å². The second-order valence-electron chi connectivity index (χ2n) is 5.44. The van der Waals surface area contributed by atoms with Crippen LogP contribution in [0.5, 0.6) is 0 Å². The first kappa shape index (κ1) is 11.9. The highest BCUT2D eigenvalue weighted by Crippen LogP contribution is 2.37. The molecule has 4 heteroatoms. The highest BCUT2D eigenvalue weighted by Gasteiger charge is 2.40. The maximum absolute atomic E-state index is 5.95. The monoisotopic (exact) mass is 248 g/mol. The summed E-state index contributed by atoms with van der Waals surface area (Å²) in [6.45, 7) is 2.43. The van der Waals surface area contributed by atoms with Gasteiger partial charge in [0.2, 0.25) is 0 Å². The smallest absolute Gasteiger partial charge is 0.126 e. The Bertz CT molecular complexity index is 416. The average molecular weight is 248 g/mol. The SMILES string of the molecule is Nc1ncccc1CC1CCOC2(CCOC2)C1. The van der Waals surface area contributed by atoms with Crippen LogP contribution >= 0.6 is 0 Å². The molecular weight excluding hydrogens is 228 g/mol. The lowest BCUT2D eigenvalue weighted by molar-refractivity contribution is -0.0975. The molecule has 2 atom stereocenters. The summed E-state index contributed by atoms with van der Waals surface area (Å²) in [5.41, 5.74) is 7.07. The maximum Gasteiger partial charge on any atom is 0.126 e. The number of hydrogen-bond acceptors (Lipinski definition) is 4. The Kier molecular flexibility index (Phi) is 3.22. The predicted molar refractivity (Wildman–Crippen MR) is 69.2 cm³/mol. The molecule has 3 rings (SSSR count). The van der Waals surface area contributed by atoms with Crippen LogP contribution in [0.25, 0.3) is 0 Å². The fraction of sp³-hybridized carbons (Fsp3) is 0.643. The molecule has 2 N–H and O–H groups in total. The number of nitrogen functional groups attached to an aromatic ring is 1. The molecule has 2 aliphatic rings. The van der Waals surface area contributed by atoms with Crippen molar-refractivity contribution >= 4 is 5.82 Å². The summed E-state index contributed by atoms with van der Waals surface area (Å²) in [6, 6.07) is 4.04. The minimum absolute atomic E-state index is 0.0140. The summed E-state index contributed by atoms with van der Waals surface area (Å²) in [4.78, 5) is 4.16. The molecule has 0 bridgehead atoms. The number of nitrogens with two attached hydrogens (primary N) is 1. The zero-order chi connectivity index (χ0) is 12.4. The third-order valence-electron chi connectivity index (χ3n) is 4.10. The zero-order valence-electron chi connectivity index (χ0n) is 10.6. The molecule has 0 aromatic carbocycles. The summed E-state index contributed by atoms with van der Waals surface area (Å²) in [5.74, 6) is 1.30. The van der Waals surface area contributed by atoms with Crippen molar-refractivity contribution in [3.8, 4) is 0 Å². The maximum atomic E-state index is 5.95. The minimum Gasteiger partial charge on any atom is -0.383 e. The molecule has 1 aromatic heterocycles. The third-order valence-corrected chi connectivity index (χ3v) is 4.10. The van der Waals surface area contributed by atoms with Gasteiger partial charge in [-0.3, -0.25) is 0 Å². The fourth-order valence-corrected chi connectivity index (χ4v) is 3.10. The largest absolute Gasteiger partial charge is 0.383 e. The van der Waals surface area contributed by atoms with Crippen molar-refractivity contribution in [2.75, 3.05) is 25.6 Å². The molecule has 3 heterocycles. The second kappa shape index (κ2) is 4.86. The first-order chi connectivity index (χ1) is 8.77. The summed E-state index contributed by atoms with van der Waals surface area (Å²) in [5, 5.41) is 0. The van der Waals surface area contributed by atoms with Gasteiger partial charge < -0.3 is 15.2 Å². The van der Waals surface area contributed by atoms with Crippen molar-refractivity contribution in [2.45, 2.75) is 31.3 Å². The van der Waals surface area contributed by atoms with E-state index < -0.39 is 0 Å². The van der Waals surface area contributed by atoms with Crippen LogP contribution < -0.4 is 5.73 Å². The Morgan fingerprint density at radius 1 is 1.44 bits per heavy atom. The molecule has 0 aliphatic carbocycles. The summed E-state index contributed by atoms with van der Waals surface area (Å²) in [7, 11) is 0. The average Bonchev–Trinajstić information content (AvgIpc) is 2.80. The zero-order valence-corrected chi connectivity index (χ0v) is 10.6. The van der Waals surface area contributed by atoms with Gasteiger partial charge in [-0.15, -0.1) is 0 Å². The molecule has 0 saturated carbocycles. The fourth-order valence-electron chi connectivity index (χ4n) is 3.10. The minimum atomic E-state index is -0.0140. The van der Waals surface area contributed by atoms with Gasteiger partial charge in [0.05, 0.1) is 12.2 Å². The van der Waals surface area contributed by atoms with E-state index in [4.69, 9.17) is 15.2 Å². The highest BCUT2D eigenvalue weighted by molar-refractivity contribution is 5.38. The van der Waals surface area contributed by atoms with E-state index in [1.807, 2.05) is 6.07 Å². The Labute approximate surface area is 107 Å². The number of ether oxygens (including phenoxy) is 2. The molecular formula is C14H20N2O2. The van der Waals surface area contributed by atoms with Crippen molar-refractivity contribution < 1.29 is 9.47 Å². The molecule has 18 heavy (non-hydrogen) atoms. The van der Waals surface area contributed by atoms with Crippen LogP contribution in [0.1, 0.15) is 24.8 Å². The molecule has 1 aromatic rings. The molecule has 2 unspecified atom stereocenters. The topological polar surface area (TPSA) is 57.4 Å². The van der Waals surface area contributed by atoms with Crippen molar-refractivity contribution in [3.05, 3.63) is 23.9 Å². The Balaban J connectivity index is 1.68. The number of aromatic nitrogens is 1. The van der Waals surface area contributed by atoms with E-state index in [1.54, 1.807) is 6.20 Å². The van der Waals surface area contributed by atoms with Crippen LogP contribution in [0.4, 0.5) is 5.82 Å². The van der Waals surface area contributed by atoms with Crippen molar-refractivity contribution in [2.24, 2.45) is 5.92 Å². The third kappa shape index (κ3) is 2.35. The lowest BCUT2D eigenvalue weighted by atomic mass is 9.82. The van der Waals surface area contributed by atoms with Gasteiger partial charge >= 0.3 is 0 Å². The van der Waals surface area contributed by atoms with Gasteiger partial charge in [0.25, 0.3) is 0 Å². The van der Waals surface area contributed by atoms with E-state index in [9.17, 15) is 0 Å². The normalized spacial score (nSPS) is 31.9. The van der Waals surface area contributed by atoms with E-state index in [-0.39, 0.29) is 5.60 Å². The molecule has 2 aliphatic heterocycles. The first-order valence-corrected chi connectivity index (χ1v) is 6.68. The first-order valence-electron chi connectivity index (χ1n) is 6.68. The van der Waals surface area contributed by atoms with Crippen LogP contribution in [-0.4, -0.2) is 30.4 Å². The Morgan fingerprint density at radius 3 is 3.17 bits per heavy atom. The standard InChI is InChI=1S/C14H20N2O2/c15-13-12(2-1-5-16-13)8-11-3-6-18-14(9-11)4-7-17-10-14/h1-2,5,11H,3-4,6-10H2,(H2,15,16). The van der Waals surface area contributed by atoms with Crippen molar-refractivity contribution in [3.63, 3.8) is 0 Å². The van der Waals surface area contributed by atoms with E-state index in [0.717, 1.165) is 45.5 Å². The van der Waals surface area contributed by atoms with E-state index >= 15 is 0 Å². The lowest BCUT2D eigenvalue weighted by Gasteiger charge is -2.37. The van der Waals surface area contributed by atoms with Gasteiger partial charge in [-0.05, 0) is 36.8 Å². The lowest BCUT2D eigenvalue weighted by Crippen LogP contribution is -2.40. The van der Waals surface area contributed by atoms with Crippen LogP contribution in [-0.2, 0) is 15.9 Å². The van der Waals surface area contributed by atoms with Crippen LogP contribution in [0, 0.1) is 5.92 Å². The van der Waals surface area contributed by atoms with Gasteiger partial charge in [-0.2, -0.15) is 0 Å². The summed E-state index contributed by atoms with van der Waals surface area (Å²) >= 11 is 0. The number of rotatable bonds is 2. The number of anilines is 1. The summed E-state index contributed by atoms with van der Waals surface area (Å²) in [6.07, 6.45) is 5.98. The molecule has 2 saturated heterocycles. The van der Waals surface area contributed by atoms with E-state index in [1.165, 1.54) is 5.56 Å². The molecule has 0 radical (unpaired) electrons. The van der Waals surface area contributed by atoms with Crippen LogP contribution in [0.3, 0.4) is 0 Å². The van der Waals surface area contributed by atoms with Gasteiger partial charge in [-0.25, -0.2) is 4.98 Å². The number of hydrogen-bond donors (Lipinski definition) is 1. The number of nitrogens with zero attached hydrogens (tertiary/aromatic N) is 1. The van der Waals surface area contributed by atoms with E-state index in [2.05, 4.69) is 11.1 Å². The molecule has 4 nitrogen and oxygen atoms in total. The molecule has 98 valence electrons. The Hall–Kier alpha value is -1.13. The van der Waals surface area contributed by atoms with Gasteiger partial charge in [0, 0.05) is 25.8 Å². The van der Waals surface area contributed by atoms with Gasteiger partial charge in [-0.1, -0.05) is 6.07 Å². The van der Waals surface area contributed by atoms with E-state index in [0.29, 0.717) is 11.7 Å². The van der Waals surface area contributed by atoms with Gasteiger partial charge in [0.1, 0.15) is 5.82 Å². The van der Waals surface area contributed by atoms with Crippen LogP contribution in [0.15, 0.2) is 18.3 Å². The van der Waals surface area contributed by atoms with Crippen molar-refractivity contribution in [1.29, 1.82) is 0 Å². The molecule has 1 spiro atoms. The molecule has 0 amide bonds. The second-order valence-corrected chi connectivity index (χ2v) is 5.44. The summed E-state index contributed by atoms with van der Waals surface area (Å²) < 4.78 is 11.5. The van der Waals surface area contributed by atoms with Gasteiger partial charge in [0.15, 0.2) is 0 Å². The number of pyridine rings is 1. The Morgan fingerprint density at radius 2 is 2.39 bits per heavy atom. The van der Waals surface area contributed by atoms with Crippen LogP contribution in [0.2, 0.25) is 0 Å². The molecule has 2 fully saturated rings. The highest BCUT2D eigenvalue weighted by atomic mass is 16.6.